The van der Waals surface area contributed by atoms with Gasteiger partial charge >= 0.3 is 6.92 Å². The third-order valence-corrected chi connectivity index (χ3v) is 6.40. The smallest absolute Gasteiger partial charge is 0.365 e. The highest BCUT2D eigenvalue weighted by Crippen LogP contribution is 2.42. The molecule has 1 aliphatic heterocycles. The van der Waals surface area contributed by atoms with Crippen molar-refractivity contribution in [3.63, 3.8) is 0 Å². The van der Waals surface area contributed by atoms with E-state index in [1.807, 2.05) is 0 Å². The number of allylic oxidation sites excluding steroid dienone is 1. The Bertz CT molecular complexity index is 348. The highest BCUT2D eigenvalue weighted by atomic mass is 16.5. The largest absolute Gasteiger partial charge is 0.549 e. The van der Waals surface area contributed by atoms with E-state index in [9.17, 15) is 0 Å². The topological polar surface area (TPSA) is 12.5 Å². The lowest BCUT2D eigenvalue weighted by Gasteiger charge is -2.38. The van der Waals surface area contributed by atoms with Crippen molar-refractivity contribution in [2.75, 3.05) is 13.1 Å². The first kappa shape index (κ1) is 17.2. The third-order valence-electron chi connectivity index (χ3n) is 6.40. The molecule has 0 amide bonds. The lowest BCUT2D eigenvalue weighted by Crippen LogP contribution is -2.38. The molecule has 0 unspecified atom stereocenters. The Morgan fingerprint density at radius 3 is 1.74 bits per heavy atom. The standard InChI is InChI=1S/C20H36BNO/c1-2-20(22-16-10-5-11-17-22)23-21(18-12-6-3-7-13-18)19-14-8-4-9-15-19/h2,18-19H,3-17H2,1H3/b20-2-. The zero-order valence-corrected chi connectivity index (χ0v) is 15.3. The summed E-state index contributed by atoms with van der Waals surface area (Å²) in [6.45, 7) is 5.05. The number of hydrogen-bond acceptors (Lipinski definition) is 2. The molecule has 0 radical (unpaired) electrons. The maximum atomic E-state index is 6.81. The number of rotatable bonds is 5. The summed E-state index contributed by atoms with van der Waals surface area (Å²) >= 11 is 0. The predicted octanol–water partition coefficient (Wildman–Crippen LogP) is 6.01. The van der Waals surface area contributed by atoms with Crippen LogP contribution in [-0.2, 0) is 4.65 Å². The van der Waals surface area contributed by atoms with Gasteiger partial charge in [-0.15, -0.1) is 0 Å². The van der Waals surface area contributed by atoms with Gasteiger partial charge in [0.2, 0.25) is 0 Å². The molecule has 0 aromatic carbocycles. The van der Waals surface area contributed by atoms with Crippen LogP contribution in [0.3, 0.4) is 0 Å². The highest BCUT2D eigenvalue weighted by molar-refractivity contribution is 6.55. The Hall–Kier alpha value is -0.595. The maximum Gasteiger partial charge on any atom is 0.365 e. The van der Waals surface area contributed by atoms with Crippen molar-refractivity contribution < 1.29 is 4.65 Å². The van der Waals surface area contributed by atoms with Crippen molar-refractivity contribution in [3.8, 4) is 0 Å². The Labute approximate surface area is 144 Å². The zero-order chi connectivity index (χ0) is 15.9. The maximum absolute atomic E-state index is 6.81. The van der Waals surface area contributed by atoms with Crippen LogP contribution in [0.25, 0.3) is 0 Å². The van der Waals surface area contributed by atoms with Crippen molar-refractivity contribution >= 4 is 6.92 Å². The summed E-state index contributed by atoms with van der Waals surface area (Å²) < 4.78 is 6.81. The Kier molecular flexibility index (Phi) is 6.77. The molecule has 1 saturated heterocycles. The molecule has 0 bridgehead atoms. The number of piperidine rings is 1. The summed E-state index contributed by atoms with van der Waals surface area (Å²) in [7, 11) is 0. The molecule has 0 aromatic rings. The molecule has 0 aromatic heterocycles. The third kappa shape index (κ3) is 4.70. The van der Waals surface area contributed by atoms with Crippen molar-refractivity contribution in [1.29, 1.82) is 0 Å². The molecule has 1 heterocycles. The first-order valence-corrected chi connectivity index (χ1v) is 10.5. The lowest BCUT2D eigenvalue weighted by atomic mass is 9.42. The summed E-state index contributed by atoms with van der Waals surface area (Å²) in [6.07, 6.45) is 20.5. The van der Waals surface area contributed by atoms with Crippen molar-refractivity contribution in [1.82, 2.24) is 4.90 Å². The molecule has 3 heteroatoms. The lowest BCUT2D eigenvalue weighted by molar-refractivity contribution is 0.178. The van der Waals surface area contributed by atoms with Crippen LogP contribution < -0.4 is 0 Å². The summed E-state index contributed by atoms with van der Waals surface area (Å²) in [4.78, 5) is 2.52. The fraction of sp³-hybridized carbons (Fsp3) is 0.900. The van der Waals surface area contributed by atoms with Gasteiger partial charge in [-0.1, -0.05) is 64.2 Å². The van der Waals surface area contributed by atoms with E-state index in [1.54, 1.807) is 0 Å². The van der Waals surface area contributed by atoms with Crippen LogP contribution in [0.5, 0.6) is 0 Å². The average molecular weight is 317 g/mol. The first-order valence-electron chi connectivity index (χ1n) is 10.5. The molecule has 0 atom stereocenters. The molecule has 0 N–H and O–H groups in total. The second-order valence-electron chi connectivity index (χ2n) is 8.05. The zero-order valence-electron chi connectivity index (χ0n) is 15.3. The molecule has 2 nitrogen and oxygen atoms in total. The van der Waals surface area contributed by atoms with E-state index >= 15 is 0 Å². The van der Waals surface area contributed by atoms with Gasteiger partial charge in [0.1, 0.15) is 0 Å². The second kappa shape index (κ2) is 9.04. The molecule has 3 aliphatic rings. The van der Waals surface area contributed by atoms with E-state index < -0.39 is 0 Å². The second-order valence-corrected chi connectivity index (χ2v) is 8.05. The Morgan fingerprint density at radius 1 is 0.783 bits per heavy atom. The molecule has 2 saturated carbocycles. The van der Waals surface area contributed by atoms with Crippen molar-refractivity contribution in [2.24, 2.45) is 0 Å². The number of nitrogens with zero attached hydrogens (tertiary/aromatic N) is 1. The molecule has 3 fully saturated rings. The minimum atomic E-state index is 0.490. The van der Waals surface area contributed by atoms with Gasteiger partial charge in [0.25, 0.3) is 0 Å². The van der Waals surface area contributed by atoms with Crippen molar-refractivity contribution in [2.45, 2.75) is 102 Å². The van der Waals surface area contributed by atoms with Gasteiger partial charge in [-0.2, -0.15) is 0 Å². The predicted molar refractivity (Wildman–Crippen MR) is 99.7 cm³/mol. The molecule has 2 aliphatic carbocycles. The van der Waals surface area contributed by atoms with E-state index in [-0.39, 0.29) is 0 Å². The van der Waals surface area contributed by atoms with Crippen LogP contribution in [-0.4, -0.2) is 24.9 Å². The average Bonchev–Trinajstić information content (AvgIpc) is 2.65. The van der Waals surface area contributed by atoms with Crippen LogP contribution in [0.1, 0.15) is 90.4 Å². The number of hydrogen-bond donors (Lipinski definition) is 0. The fourth-order valence-corrected chi connectivity index (χ4v) is 5.08. The van der Waals surface area contributed by atoms with Gasteiger partial charge in [0.05, 0.1) is 0 Å². The van der Waals surface area contributed by atoms with Gasteiger partial charge in [-0.25, -0.2) is 0 Å². The Balaban J connectivity index is 1.67. The molecule has 130 valence electrons. The molecular formula is C20H36BNO. The van der Waals surface area contributed by atoms with Crippen LogP contribution >= 0.6 is 0 Å². The highest BCUT2D eigenvalue weighted by Gasteiger charge is 2.39. The van der Waals surface area contributed by atoms with Crippen LogP contribution in [0.2, 0.25) is 11.6 Å². The Morgan fingerprint density at radius 2 is 1.26 bits per heavy atom. The SMILES string of the molecule is C/C=C(\OB(C1CCCCC1)C1CCCCC1)N1CCCCC1. The first-order chi connectivity index (χ1) is 11.4. The van der Waals surface area contributed by atoms with Gasteiger partial charge < -0.3 is 9.55 Å². The summed E-state index contributed by atoms with van der Waals surface area (Å²) in [5.74, 6) is 2.82. The van der Waals surface area contributed by atoms with Crippen LogP contribution in [0.15, 0.2) is 12.0 Å². The van der Waals surface area contributed by atoms with E-state index in [0.717, 1.165) is 11.6 Å². The summed E-state index contributed by atoms with van der Waals surface area (Å²) in [5.41, 5.74) is 0. The minimum absolute atomic E-state index is 0.490. The molecule has 0 spiro atoms. The number of likely N-dealkylation sites (tertiary alicyclic amines) is 1. The molecule has 23 heavy (non-hydrogen) atoms. The van der Waals surface area contributed by atoms with E-state index in [2.05, 4.69) is 17.9 Å². The normalized spacial score (nSPS) is 25.4. The summed E-state index contributed by atoms with van der Waals surface area (Å²) in [5, 5.41) is 0. The molecule has 3 rings (SSSR count). The van der Waals surface area contributed by atoms with Crippen molar-refractivity contribution in [3.05, 3.63) is 12.0 Å². The molecular weight excluding hydrogens is 281 g/mol. The monoisotopic (exact) mass is 317 g/mol. The van der Waals surface area contributed by atoms with E-state index in [0.29, 0.717) is 6.92 Å². The van der Waals surface area contributed by atoms with Crippen LogP contribution in [0.4, 0.5) is 0 Å². The summed E-state index contributed by atoms with van der Waals surface area (Å²) in [6, 6.07) is 0. The van der Waals surface area contributed by atoms with Gasteiger partial charge in [0.15, 0.2) is 5.88 Å². The van der Waals surface area contributed by atoms with Gasteiger partial charge in [-0.05, 0) is 43.9 Å². The fourth-order valence-electron chi connectivity index (χ4n) is 5.08. The van der Waals surface area contributed by atoms with Crippen LogP contribution in [0, 0.1) is 0 Å². The van der Waals surface area contributed by atoms with E-state index in [4.69, 9.17) is 4.65 Å². The minimum Gasteiger partial charge on any atom is -0.549 e. The quantitative estimate of drug-likeness (QED) is 0.455. The van der Waals surface area contributed by atoms with E-state index in [1.165, 1.54) is 102 Å². The van der Waals surface area contributed by atoms with Gasteiger partial charge in [-0.3, -0.25) is 0 Å². The van der Waals surface area contributed by atoms with Gasteiger partial charge in [0, 0.05) is 13.1 Å².